The lowest BCUT2D eigenvalue weighted by molar-refractivity contribution is 0.0454. The summed E-state index contributed by atoms with van der Waals surface area (Å²) in [6, 6.07) is 1.78. The molecule has 9 nitrogen and oxygen atoms in total. The molecule has 4 rings (SSSR count). The normalized spacial score (nSPS) is 11.1. The molecular weight excluding hydrogens is 342 g/mol. The van der Waals surface area contributed by atoms with Crippen LogP contribution in [0, 0.1) is 6.92 Å². The van der Waals surface area contributed by atoms with Gasteiger partial charge in [0, 0.05) is 36.1 Å². The lowest BCUT2D eigenvalue weighted by Gasteiger charge is -1.98. The predicted octanol–water partition coefficient (Wildman–Crippen LogP) is 1.65. The Morgan fingerprint density at radius 3 is 3.00 bits per heavy atom. The molecule has 4 aromatic rings. The molecule has 4 aromatic heterocycles. The Morgan fingerprint density at radius 2 is 2.24 bits per heavy atom. The Balaban J connectivity index is 1.46. The fraction of sp³-hybridized carbons (Fsp3) is 0.200. The highest BCUT2D eigenvalue weighted by molar-refractivity contribution is 7.13. The van der Waals surface area contributed by atoms with Crippen LogP contribution in [0.2, 0.25) is 0 Å². The molecule has 0 aliphatic heterocycles. The number of thiazole rings is 1. The highest BCUT2D eigenvalue weighted by Crippen LogP contribution is 2.23. The second-order valence-electron chi connectivity index (χ2n) is 5.36. The zero-order valence-corrected chi connectivity index (χ0v) is 14.3. The molecule has 0 spiro atoms. The molecule has 0 aliphatic carbocycles. The molecule has 25 heavy (non-hydrogen) atoms. The summed E-state index contributed by atoms with van der Waals surface area (Å²) in [6.45, 7) is 1.91. The van der Waals surface area contributed by atoms with E-state index in [0.29, 0.717) is 11.5 Å². The van der Waals surface area contributed by atoms with Crippen molar-refractivity contribution in [1.29, 1.82) is 0 Å². The van der Waals surface area contributed by atoms with Crippen molar-refractivity contribution in [1.82, 2.24) is 34.3 Å². The van der Waals surface area contributed by atoms with Gasteiger partial charge in [-0.2, -0.15) is 10.1 Å². The monoisotopic (exact) mass is 355 g/mol. The maximum Gasteiger partial charge on any atom is 0.378 e. The van der Waals surface area contributed by atoms with Crippen molar-refractivity contribution >= 4 is 23.1 Å². The number of aromatic nitrogens is 7. The largest absolute Gasteiger partial charge is 0.453 e. The third kappa shape index (κ3) is 2.98. The molecule has 4 heterocycles. The molecule has 0 saturated heterocycles. The Morgan fingerprint density at radius 1 is 1.36 bits per heavy atom. The maximum atomic E-state index is 12.2. The molecule has 0 aliphatic rings. The molecule has 0 aromatic carbocycles. The van der Waals surface area contributed by atoms with Gasteiger partial charge in [-0.15, -0.1) is 16.4 Å². The summed E-state index contributed by atoms with van der Waals surface area (Å²) in [5, 5.41) is 10.9. The number of aryl methyl sites for hydroxylation is 2. The average molecular weight is 355 g/mol. The quantitative estimate of drug-likeness (QED) is 0.513. The number of hydrogen-bond acceptors (Lipinski definition) is 8. The van der Waals surface area contributed by atoms with Gasteiger partial charge in [-0.1, -0.05) is 0 Å². The van der Waals surface area contributed by atoms with Gasteiger partial charge in [0.2, 0.25) is 0 Å². The fourth-order valence-electron chi connectivity index (χ4n) is 2.23. The van der Waals surface area contributed by atoms with Gasteiger partial charge in [-0.3, -0.25) is 4.68 Å². The standard InChI is InChI=1S/C15H13N7O2S/c1-9-3-4-16-15-19-12(20-22(9)15)14(23)24-7-11-8-25-13(18-11)10-5-17-21(2)6-10/h3-6,8H,7H2,1-2H3. The summed E-state index contributed by atoms with van der Waals surface area (Å²) in [4.78, 5) is 24.7. The van der Waals surface area contributed by atoms with E-state index in [2.05, 4.69) is 25.1 Å². The Hall–Kier alpha value is -3.14. The number of ether oxygens (including phenoxy) is 1. The zero-order valence-electron chi connectivity index (χ0n) is 13.4. The van der Waals surface area contributed by atoms with E-state index in [9.17, 15) is 4.79 Å². The van der Waals surface area contributed by atoms with Crippen LogP contribution in [-0.4, -0.2) is 40.3 Å². The number of hydrogen-bond donors (Lipinski definition) is 0. The van der Waals surface area contributed by atoms with Crippen molar-refractivity contribution in [3.63, 3.8) is 0 Å². The van der Waals surface area contributed by atoms with Gasteiger partial charge in [-0.05, 0) is 13.0 Å². The first kappa shape index (κ1) is 15.4. The number of rotatable bonds is 4. The van der Waals surface area contributed by atoms with Gasteiger partial charge >= 0.3 is 5.97 Å². The first-order valence-corrected chi connectivity index (χ1v) is 8.27. The Labute approximate surface area is 145 Å². The van der Waals surface area contributed by atoms with Gasteiger partial charge in [0.1, 0.15) is 11.6 Å². The molecule has 0 amide bonds. The Bertz CT molecular complexity index is 1060. The van der Waals surface area contributed by atoms with Crippen LogP contribution in [0.25, 0.3) is 16.3 Å². The summed E-state index contributed by atoms with van der Waals surface area (Å²) >= 11 is 1.47. The van der Waals surface area contributed by atoms with Crippen LogP contribution in [0.4, 0.5) is 0 Å². The summed E-state index contributed by atoms with van der Waals surface area (Å²) in [5.74, 6) is -0.273. The van der Waals surface area contributed by atoms with E-state index in [1.165, 1.54) is 15.9 Å². The molecule has 0 N–H and O–H groups in total. The maximum absolute atomic E-state index is 12.2. The van der Waals surface area contributed by atoms with E-state index >= 15 is 0 Å². The Kier molecular flexibility index (Phi) is 3.73. The van der Waals surface area contributed by atoms with Crippen LogP contribution in [0.15, 0.2) is 30.0 Å². The van der Waals surface area contributed by atoms with Crippen LogP contribution in [0.5, 0.6) is 0 Å². The van der Waals surface area contributed by atoms with Crippen LogP contribution in [-0.2, 0) is 18.4 Å². The number of fused-ring (bicyclic) bond motifs is 1. The fourth-order valence-corrected chi connectivity index (χ4v) is 3.01. The van der Waals surface area contributed by atoms with E-state index < -0.39 is 5.97 Å². The van der Waals surface area contributed by atoms with Crippen molar-refractivity contribution in [2.45, 2.75) is 13.5 Å². The molecule has 126 valence electrons. The van der Waals surface area contributed by atoms with Gasteiger partial charge in [0.25, 0.3) is 11.6 Å². The number of carbonyl (C=O) groups is 1. The topological polar surface area (TPSA) is 100 Å². The minimum Gasteiger partial charge on any atom is -0.453 e. The first-order chi connectivity index (χ1) is 12.1. The molecule has 0 fully saturated rings. The summed E-state index contributed by atoms with van der Waals surface area (Å²) in [6.07, 6.45) is 5.23. The van der Waals surface area contributed by atoms with Crippen molar-refractivity contribution in [3.8, 4) is 10.6 Å². The molecule has 0 bridgehead atoms. The van der Waals surface area contributed by atoms with E-state index in [1.54, 1.807) is 23.1 Å². The van der Waals surface area contributed by atoms with E-state index in [4.69, 9.17) is 4.74 Å². The number of carbonyl (C=O) groups excluding carboxylic acids is 1. The summed E-state index contributed by atoms with van der Waals surface area (Å²) in [7, 11) is 1.85. The average Bonchev–Trinajstić information content (AvgIpc) is 3.31. The highest BCUT2D eigenvalue weighted by Gasteiger charge is 2.17. The SMILES string of the molecule is Cc1ccnc2nc(C(=O)OCc3csc(-c4cnn(C)c4)n3)nn12. The zero-order chi connectivity index (χ0) is 17.4. The van der Waals surface area contributed by atoms with Crippen LogP contribution in [0.1, 0.15) is 22.0 Å². The smallest absolute Gasteiger partial charge is 0.378 e. The summed E-state index contributed by atoms with van der Waals surface area (Å²) < 4.78 is 8.47. The molecule has 0 saturated carbocycles. The first-order valence-electron chi connectivity index (χ1n) is 7.39. The van der Waals surface area contributed by atoms with Crippen molar-refractivity contribution in [2.75, 3.05) is 0 Å². The molecular formula is C15H13N7O2S. The van der Waals surface area contributed by atoms with E-state index in [-0.39, 0.29) is 12.4 Å². The minimum absolute atomic E-state index is 0.0236. The van der Waals surface area contributed by atoms with Gasteiger partial charge in [0.15, 0.2) is 0 Å². The van der Waals surface area contributed by atoms with Crippen LogP contribution in [0.3, 0.4) is 0 Å². The third-order valence-corrected chi connectivity index (χ3v) is 4.41. The van der Waals surface area contributed by atoms with Crippen molar-refractivity contribution in [3.05, 3.63) is 47.2 Å². The second-order valence-corrected chi connectivity index (χ2v) is 6.21. The van der Waals surface area contributed by atoms with Gasteiger partial charge in [0.05, 0.1) is 11.9 Å². The lowest BCUT2D eigenvalue weighted by atomic mass is 10.4. The molecule has 0 radical (unpaired) electrons. The second kappa shape index (κ2) is 6.06. The van der Waals surface area contributed by atoms with Gasteiger partial charge < -0.3 is 4.74 Å². The molecule has 10 heteroatoms. The number of nitrogens with zero attached hydrogens (tertiary/aromatic N) is 7. The van der Waals surface area contributed by atoms with E-state index in [1.807, 2.05) is 25.5 Å². The predicted molar refractivity (Wildman–Crippen MR) is 89.0 cm³/mol. The lowest BCUT2D eigenvalue weighted by Crippen LogP contribution is -2.08. The molecule has 0 atom stereocenters. The third-order valence-electron chi connectivity index (χ3n) is 3.47. The van der Waals surface area contributed by atoms with Crippen molar-refractivity contribution in [2.24, 2.45) is 7.05 Å². The number of esters is 1. The van der Waals surface area contributed by atoms with E-state index in [0.717, 1.165) is 16.3 Å². The minimum atomic E-state index is -0.610. The van der Waals surface area contributed by atoms with Crippen LogP contribution < -0.4 is 0 Å². The summed E-state index contributed by atoms with van der Waals surface area (Å²) in [5.41, 5.74) is 2.42. The highest BCUT2D eigenvalue weighted by atomic mass is 32.1. The molecule has 0 unspecified atom stereocenters. The van der Waals surface area contributed by atoms with Gasteiger partial charge in [-0.25, -0.2) is 19.3 Å². The van der Waals surface area contributed by atoms with Crippen molar-refractivity contribution < 1.29 is 9.53 Å². The van der Waals surface area contributed by atoms with Crippen LogP contribution >= 0.6 is 11.3 Å².